The molecule has 2 amide bonds. The molecule has 1 heterocycles. The molecule has 2 aromatic carbocycles. The smallest absolute Gasteiger partial charge is 0.258 e. The minimum absolute atomic E-state index is 0.0140. The molecule has 146 valence electrons. The summed E-state index contributed by atoms with van der Waals surface area (Å²) in [5, 5.41) is 0. The predicted molar refractivity (Wildman–Crippen MR) is 112 cm³/mol. The van der Waals surface area contributed by atoms with Gasteiger partial charge < -0.3 is 14.7 Å². The molecule has 0 unspecified atom stereocenters. The van der Waals surface area contributed by atoms with Crippen molar-refractivity contribution in [2.45, 2.75) is 19.8 Å². The molecule has 5 nitrogen and oxygen atoms in total. The number of para-hydroxylation sites is 1. The summed E-state index contributed by atoms with van der Waals surface area (Å²) in [7, 11) is 0. The van der Waals surface area contributed by atoms with Crippen molar-refractivity contribution >= 4 is 23.2 Å². The van der Waals surface area contributed by atoms with Crippen molar-refractivity contribution in [3.63, 3.8) is 0 Å². The van der Waals surface area contributed by atoms with Crippen LogP contribution in [-0.4, -0.2) is 49.4 Å². The van der Waals surface area contributed by atoms with Gasteiger partial charge in [-0.2, -0.15) is 0 Å². The first-order valence-corrected chi connectivity index (χ1v) is 10.2. The molecule has 2 fully saturated rings. The van der Waals surface area contributed by atoms with Crippen LogP contribution >= 0.6 is 0 Å². The highest BCUT2D eigenvalue weighted by atomic mass is 16.2. The van der Waals surface area contributed by atoms with E-state index in [2.05, 4.69) is 4.90 Å². The Hall–Kier alpha value is -2.82. The molecule has 0 bridgehead atoms. The molecule has 1 saturated carbocycles. The molecule has 0 aromatic heterocycles. The van der Waals surface area contributed by atoms with E-state index in [0.29, 0.717) is 23.9 Å². The fourth-order valence-electron chi connectivity index (χ4n) is 3.80. The number of benzene rings is 2. The highest BCUT2D eigenvalue weighted by molar-refractivity contribution is 6.06. The van der Waals surface area contributed by atoms with Gasteiger partial charge in [0.15, 0.2) is 0 Å². The second-order valence-electron chi connectivity index (χ2n) is 7.52. The van der Waals surface area contributed by atoms with E-state index in [0.717, 1.165) is 50.4 Å². The largest absolute Gasteiger partial charge is 0.368 e. The topological polar surface area (TPSA) is 43.9 Å². The number of amides is 2. The molecule has 0 N–H and O–H groups in total. The predicted octanol–water partition coefficient (Wildman–Crippen LogP) is 3.41. The Morgan fingerprint density at radius 3 is 2.14 bits per heavy atom. The molecule has 1 aliphatic carbocycles. The Balaban J connectivity index is 1.40. The number of carbonyl (C=O) groups is 2. The van der Waals surface area contributed by atoms with Gasteiger partial charge in [-0.3, -0.25) is 9.59 Å². The van der Waals surface area contributed by atoms with E-state index < -0.39 is 0 Å². The van der Waals surface area contributed by atoms with Crippen LogP contribution < -0.4 is 9.80 Å². The molecule has 0 radical (unpaired) electrons. The van der Waals surface area contributed by atoms with Crippen molar-refractivity contribution in [2.75, 3.05) is 42.5 Å². The third-order valence-electron chi connectivity index (χ3n) is 5.63. The van der Waals surface area contributed by atoms with Gasteiger partial charge in [0.25, 0.3) is 5.91 Å². The summed E-state index contributed by atoms with van der Waals surface area (Å²) < 4.78 is 0. The second-order valence-corrected chi connectivity index (χ2v) is 7.52. The van der Waals surface area contributed by atoms with Crippen LogP contribution in [-0.2, 0) is 4.79 Å². The molecule has 2 aromatic rings. The van der Waals surface area contributed by atoms with Gasteiger partial charge in [-0.25, -0.2) is 0 Å². The second kappa shape index (κ2) is 8.05. The van der Waals surface area contributed by atoms with Crippen LogP contribution in [0.1, 0.15) is 30.1 Å². The minimum Gasteiger partial charge on any atom is -0.368 e. The zero-order chi connectivity index (χ0) is 19.5. The molecular weight excluding hydrogens is 350 g/mol. The van der Waals surface area contributed by atoms with Crippen molar-refractivity contribution in [3.05, 3.63) is 60.2 Å². The first kappa shape index (κ1) is 18.5. The number of nitrogens with zero attached hydrogens (tertiary/aromatic N) is 3. The minimum atomic E-state index is 0.0140. The standard InChI is InChI=1S/C23H27N3O2/c1-2-26(21-6-4-3-5-7-21)23(28)19-10-12-20(13-11-19)24-14-16-25(17-15-24)22(27)18-8-9-18/h3-7,10-13,18H,2,8-9,14-17H2,1H3. The van der Waals surface area contributed by atoms with Gasteiger partial charge in [0.2, 0.25) is 5.91 Å². The summed E-state index contributed by atoms with van der Waals surface area (Å²) in [5.41, 5.74) is 2.71. The van der Waals surface area contributed by atoms with Crippen molar-refractivity contribution in [1.82, 2.24) is 4.90 Å². The Bertz CT molecular complexity index is 823. The van der Waals surface area contributed by atoms with E-state index in [4.69, 9.17) is 0 Å². The lowest BCUT2D eigenvalue weighted by Crippen LogP contribution is -2.49. The summed E-state index contributed by atoms with van der Waals surface area (Å²) in [6, 6.07) is 17.6. The highest BCUT2D eigenvalue weighted by Gasteiger charge is 2.34. The van der Waals surface area contributed by atoms with Crippen molar-refractivity contribution < 1.29 is 9.59 Å². The molecule has 1 aliphatic heterocycles. The molecule has 1 saturated heterocycles. The molecule has 2 aliphatic rings. The SMILES string of the molecule is CCN(C(=O)c1ccc(N2CCN(C(=O)C3CC3)CC2)cc1)c1ccccc1. The van der Waals surface area contributed by atoms with Gasteiger partial charge in [0, 0.05) is 55.6 Å². The maximum absolute atomic E-state index is 12.9. The van der Waals surface area contributed by atoms with Gasteiger partial charge in [0.05, 0.1) is 0 Å². The lowest BCUT2D eigenvalue weighted by Gasteiger charge is -2.36. The van der Waals surface area contributed by atoms with Crippen LogP contribution in [0.3, 0.4) is 0 Å². The van der Waals surface area contributed by atoms with Gasteiger partial charge in [-0.05, 0) is 56.2 Å². The molecule has 5 heteroatoms. The van der Waals surface area contributed by atoms with E-state index >= 15 is 0 Å². The zero-order valence-corrected chi connectivity index (χ0v) is 16.4. The van der Waals surface area contributed by atoms with Crippen molar-refractivity contribution in [1.29, 1.82) is 0 Å². The van der Waals surface area contributed by atoms with Crippen LogP contribution in [0.2, 0.25) is 0 Å². The average molecular weight is 377 g/mol. The lowest BCUT2D eigenvalue weighted by atomic mass is 10.1. The van der Waals surface area contributed by atoms with Crippen LogP contribution in [0.5, 0.6) is 0 Å². The summed E-state index contributed by atoms with van der Waals surface area (Å²) in [6.07, 6.45) is 2.12. The Morgan fingerprint density at radius 2 is 1.57 bits per heavy atom. The van der Waals surface area contributed by atoms with Crippen LogP contribution in [0, 0.1) is 5.92 Å². The number of rotatable bonds is 5. The first-order valence-electron chi connectivity index (χ1n) is 10.2. The van der Waals surface area contributed by atoms with Crippen LogP contribution in [0.15, 0.2) is 54.6 Å². The average Bonchev–Trinajstić information content (AvgIpc) is 3.60. The summed E-state index contributed by atoms with van der Waals surface area (Å²) in [6.45, 7) is 5.87. The molecule has 4 rings (SSSR count). The monoisotopic (exact) mass is 377 g/mol. The van der Waals surface area contributed by atoms with E-state index in [-0.39, 0.29) is 5.91 Å². The lowest BCUT2D eigenvalue weighted by molar-refractivity contribution is -0.132. The van der Waals surface area contributed by atoms with E-state index in [1.54, 1.807) is 4.90 Å². The number of piperazine rings is 1. The van der Waals surface area contributed by atoms with Gasteiger partial charge in [-0.1, -0.05) is 18.2 Å². The maximum atomic E-state index is 12.9. The third-order valence-corrected chi connectivity index (χ3v) is 5.63. The van der Waals surface area contributed by atoms with E-state index in [9.17, 15) is 9.59 Å². The van der Waals surface area contributed by atoms with Gasteiger partial charge in [-0.15, -0.1) is 0 Å². The van der Waals surface area contributed by atoms with Crippen molar-refractivity contribution in [2.24, 2.45) is 5.92 Å². The van der Waals surface area contributed by atoms with Gasteiger partial charge >= 0.3 is 0 Å². The van der Waals surface area contributed by atoms with Crippen LogP contribution in [0.25, 0.3) is 0 Å². The summed E-state index contributed by atoms with van der Waals surface area (Å²) in [5.74, 6) is 0.643. The quantitative estimate of drug-likeness (QED) is 0.802. The van der Waals surface area contributed by atoms with Crippen molar-refractivity contribution in [3.8, 4) is 0 Å². The fraction of sp³-hybridized carbons (Fsp3) is 0.391. The molecule has 28 heavy (non-hydrogen) atoms. The Labute approximate surface area is 166 Å². The Morgan fingerprint density at radius 1 is 0.929 bits per heavy atom. The zero-order valence-electron chi connectivity index (χ0n) is 16.4. The normalized spacial score (nSPS) is 16.8. The first-order chi connectivity index (χ1) is 13.7. The fourth-order valence-corrected chi connectivity index (χ4v) is 3.80. The summed E-state index contributed by atoms with van der Waals surface area (Å²) in [4.78, 5) is 31.2. The van der Waals surface area contributed by atoms with E-state index in [1.807, 2.05) is 66.4 Å². The highest BCUT2D eigenvalue weighted by Crippen LogP contribution is 2.31. The molecular formula is C23H27N3O2. The molecule has 0 atom stereocenters. The molecule has 0 spiro atoms. The van der Waals surface area contributed by atoms with Gasteiger partial charge in [0.1, 0.15) is 0 Å². The number of anilines is 2. The number of hydrogen-bond acceptors (Lipinski definition) is 3. The maximum Gasteiger partial charge on any atom is 0.258 e. The number of carbonyl (C=O) groups excluding carboxylic acids is 2. The third kappa shape index (κ3) is 3.88. The Kier molecular flexibility index (Phi) is 5.33. The van der Waals surface area contributed by atoms with Crippen LogP contribution in [0.4, 0.5) is 11.4 Å². The number of hydrogen-bond donors (Lipinski definition) is 0. The summed E-state index contributed by atoms with van der Waals surface area (Å²) >= 11 is 0. The van der Waals surface area contributed by atoms with E-state index in [1.165, 1.54) is 0 Å².